The lowest BCUT2D eigenvalue weighted by Gasteiger charge is -1.93. The lowest BCUT2D eigenvalue weighted by molar-refractivity contribution is 1.33. The van der Waals surface area contributed by atoms with E-state index in [1.54, 1.807) is 18.5 Å². The van der Waals surface area contributed by atoms with Crippen molar-refractivity contribution < 1.29 is 0 Å². The second-order valence-corrected chi connectivity index (χ2v) is 3.57. The Kier molecular flexibility index (Phi) is 5.40. The van der Waals surface area contributed by atoms with Crippen LogP contribution < -0.4 is 0 Å². The van der Waals surface area contributed by atoms with Gasteiger partial charge in [-0.05, 0) is 18.2 Å². The first-order valence-electron chi connectivity index (χ1n) is 4.02. The number of rotatable bonds is 0. The van der Waals surface area contributed by atoms with E-state index in [9.17, 15) is 0 Å². The number of nitrogens with zero attached hydrogens (tertiary/aromatic N) is 2. The fraction of sp³-hybridized carbons (Fsp3) is 0. The normalized spacial score (nSPS) is 9.00. The van der Waals surface area contributed by atoms with Gasteiger partial charge in [0.25, 0.3) is 0 Å². The van der Waals surface area contributed by atoms with Gasteiger partial charge in [0.1, 0.15) is 5.15 Å². The van der Waals surface area contributed by atoms with Gasteiger partial charge < -0.3 is 0 Å². The molecule has 0 radical (unpaired) electrons. The van der Waals surface area contributed by atoms with E-state index in [0.29, 0.717) is 10.0 Å². The largest absolute Gasteiger partial charge is 0.265 e. The summed E-state index contributed by atoms with van der Waals surface area (Å²) in [6.45, 7) is 0. The first-order chi connectivity index (χ1) is 7.22. The van der Waals surface area contributed by atoms with Crippen molar-refractivity contribution in [1.82, 2.24) is 9.97 Å². The van der Waals surface area contributed by atoms with Crippen LogP contribution in [0.1, 0.15) is 0 Å². The molecule has 15 heavy (non-hydrogen) atoms. The molecule has 2 aromatic heterocycles. The van der Waals surface area contributed by atoms with Gasteiger partial charge in [-0.2, -0.15) is 0 Å². The molecule has 2 heterocycles. The summed E-state index contributed by atoms with van der Waals surface area (Å²) in [7, 11) is 0. The molecule has 0 saturated heterocycles. The number of hydrogen-bond donors (Lipinski definition) is 0. The Hall–Kier alpha value is -0.830. The molecule has 0 N–H and O–H groups in total. The molecule has 0 amide bonds. The van der Waals surface area contributed by atoms with Crippen LogP contribution in [0.25, 0.3) is 0 Å². The van der Waals surface area contributed by atoms with Crippen molar-refractivity contribution in [1.29, 1.82) is 0 Å². The molecule has 0 fully saturated rings. The number of hydrogen-bond acceptors (Lipinski definition) is 2. The Morgan fingerprint density at radius 3 is 1.87 bits per heavy atom. The third-order valence-electron chi connectivity index (χ3n) is 1.37. The summed E-state index contributed by atoms with van der Waals surface area (Å²) in [6.07, 6.45) is 5.00. The maximum Gasteiger partial charge on any atom is 0.149 e. The van der Waals surface area contributed by atoms with E-state index >= 15 is 0 Å². The van der Waals surface area contributed by atoms with E-state index in [0.717, 1.165) is 0 Å². The minimum atomic E-state index is 0.240. The smallest absolute Gasteiger partial charge is 0.149 e. The van der Waals surface area contributed by atoms with E-state index < -0.39 is 0 Å². The Morgan fingerprint density at radius 2 is 1.53 bits per heavy atom. The Morgan fingerprint density at radius 1 is 0.867 bits per heavy atom. The summed E-state index contributed by atoms with van der Waals surface area (Å²) >= 11 is 16.6. The molecular formula is C10H7Cl3N2. The van der Waals surface area contributed by atoms with E-state index in [1.165, 1.54) is 6.20 Å². The van der Waals surface area contributed by atoms with E-state index in [1.807, 2.05) is 18.2 Å². The first kappa shape index (κ1) is 12.2. The SMILES string of the molecule is Clc1ccnc(Cl)c1Cl.c1ccncc1. The van der Waals surface area contributed by atoms with E-state index in [-0.39, 0.29) is 5.15 Å². The minimum Gasteiger partial charge on any atom is -0.265 e. The first-order valence-corrected chi connectivity index (χ1v) is 5.15. The topological polar surface area (TPSA) is 25.8 Å². The molecule has 78 valence electrons. The van der Waals surface area contributed by atoms with Gasteiger partial charge in [-0.3, -0.25) is 4.98 Å². The zero-order valence-electron chi connectivity index (χ0n) is 7.57. The van der Waals surface area contributed by atoms with Crippen molar-refractivity contribution >= 4 is 34.8 Å². The summed E-state index contributed by atoms with van der Waals surface area (Å²) in [6, 6.07) is 7.29. The Labute approximate surface area is 103 Å². The predicted octanol–water partition coefficient (Wildman–Crippen LogP) is 4.12. The van der Waals surface area contributed by atoms with E-state index in [2.05, 4.69) is 9.97 Å². The van der Waals surface area contributed by atoms with Crippen LogP contribution in [0.5, 0.6) is 0 Å². The van der Waals surface area contributed by atoms with Gasteiger partial charge in [0, 0.05) is 18.6 Å². The molecule has 0 spiro atoms. The van der Waals surface area contributed by atoms with Gasteiger partial charge in [-0.15, -0.1) is 0 Å². The predicted molar refractivity (Wildman–Crippen MR) is 63.5 cm³/mol. The van der Waals surface area contributed by atoms with Crippen molar-refractivity contribution in [3.63, 3.8) is 0 Å². The lowest BCUT2D eigenvalue weighted by Crippen LogP contribution is -1.74. The summed E-state index contributed by atoms with van der Waals surface area (Å²) in [4.78, 5) is 7.47. The van der Waals surface area contributed by atoms with Gasteiger partial charge in [0.05, 0.1) is 10.0 Å². The van der Waals surface area contributed by atoms with Gasteiger partial charge in [0.2, 0.25) is 0 Å². The second kappa shape index (κ2) is 6.62. The highest BCUT2D eigenvalue weighted by atomic mass is 35.5. The summed E-state index contributed by atoms with van der Waals surface area (Å²) < 4.78 is 0. The summed E-state index contributed by atoms with van der Waals surface area (Å²) in [5.41, 5.74) is 0. The number of pyridine rings is 2. The molecule has 0 saturated carbocycles. The number of halogens is 3. The molecule has 0 atom stereocenters. The Bertz CT molecular complexity index is 360. The molecule has 2 aromatic rings. The molecule has 0 aliphatic heterocycles. The van der Waals surface area contributed by atoms with Crippen molar-refractivity contribution in [2.24, 2.45) is 0 Å². The van der Waals surface area contributed by atoms with Crippen LogP contribution in [0, 0.1) is 0 Å². The molecule has 2 nitrogen and oxygen atoms in total. The van der Waals surface area contributed by atoms with Crippen LogP contribution in [0.4, 0.5) is 0 Å². The fourth-order valence-electron chi connectivity index (χ4n) is 0.709. The summed E-state index contributed by atoms with van der Waals surface area (Å²) in [5.74, 6) is 0. The van der Waals surface area contributed by atoms with Crippen molar-refractivity contribution in [3.05, 3.63) is 58.1 Å². The zero-order valence-corrected chi connectivity index (χ0v) is 9.84. The molecule has 0 unspecified atom stereocenters. The van der Waals surface area contributed by atoms with Gasteiger partial charge >= 0.3 is 0 Å². The van der Waals surface area contributed by atoms with Crippen molar-refractivity contribution in [2.45, 2.75) is 0 Å². The maximum absolute atomic E-state index is 5.56. The van der Waals surface area contributed by atoms with Crippen molar-refractivity contribution in [3.8, 4) is 0 Å². The van der Waals surface area contributed by atoms with Crippen LogP contribution in [-0.2, 0) is 0 Å². The Balaban J connectivity index is 0.000000162. The molecule has 0 aliphatic rings. The van der Waals surface area contributed by atoms with Crippen LogP contribution in [-0.4, -0.2) is 9.97 Å². The van der Waals surface area contributed by atoms with Gasteiger partial charge in [-0.25, -0.2) is 4.98 Å². The highest BCUT2D eigenvalue weighted by Crippen LogP contribution is 2.26. The van der Waals surface area contributed by atoms with Crippen LogP contribution in [0.15, 0.2) is 42.9 Å². The minimum absolute atomic E-state index is 0.240. The lowest BCUT2D eigenvalue weighted by atomic mass is 10.5. The second-order valence-electron chi connectivity index (χ2n) is 2.42. The van der Waals surface area contributed by atoms with Gasteiger partial charge in [-0.1, -0.05) is 40.9 Å². The van der Waals surface area contributed by atoms with Crippen LogP contribution in [0.3, 0.4) is 0 Å². The molecular weight excluding hydrogens is 254 g/mol. The molecule has 2 rings (SSSR count). The third-order valence-corrected chi connectivity index (χ3v) is 2.54. The number of aromatic nitrogens is 2. The zero-order chi connectivity index (χ0) is 11.1. The quantitative estimate of drug-likeness (QED) is 0.667. The van der Waals surface area contributed by atoms with Crippen molar-refractivity contribution in [2.75, 3.05) is 0 Å². The highest BCUT2D eigenvalue weighted by molar-refractivity contribution is 6.47. The third kappa shape index (κ3) is 4.47. The monoisotopic (exact) mass is 260 g/mol. The summed E-state index contributed by atoms with van der Waals surface area (Å²) in [5, 5.41) is 0.974. The fourth-order valence-corrected chi connectivity index (χ4v) is 1.17. The van der Waals surface area contributed by atoms with Crippen LogP contribution >= 0.6 is 34.8 Å². The van der Waals surface area contributed by atoms with Gasteiger partial charge in [0.15, 0.2) is 0 Å². The average molecular weight is 262 g/mol. The van der Waals surface area contributed by atoms with Crippen LogP contribution in [0.2, 0.25) is 15.2 Å². The standard InChI is InChI=1S/C5H2Cl3N.C5H5N/c6-3-1-2-9-5(8)4(3)7;1-2-4-6-5-3-1/h1-2H;1-5H. The maximum atomic E-state index is 5.56. The molecule has 0 bridgehead atoms. The van der Waals surface area contributed by atoms with E-state index in [4.69, 9.17) is 34.8 Å². The average Bonchev–Trinajstić information content (AvgIpc) is 2.29. The highest BCUT2D eigenvalue weighted by Gasteiger charge is 2.00. The molecule has 0 aliphatic carbocycles. The molecule has 0 aromatic carbocycles. The molecule has 5 heteroatoms.